The number of carbonyl (C=O) groups excluding carboxylic acids is 1. The van der Waals surface area contributed by atoms with Gasteiger partial charge in [-0.1, -0.05) is 20.8 Å². The molecule has 4 rings (SSSR count). The van der Waals surface area contributed by atoms with Crippen molar-refractivity contribution in [1.82, 2.24) is 10.2 Å². The molecular weight excluding hydrogens is 308 g/mol. The fraction of sp³-hybridized carbons (Fsp3) is 0.955. The predicted molar refractivity (Wildman–Crippen MR) is 105 cm³/mol. The van der Waals surface area contributed by atoms with E-state index in [1.54, 1.807) is 0 Å². The van der Waals surface area contributed by atoms with Crippen molar-refractivity contribution in [2.24, 2.45) is 16.7 Å². The molecule has 3 aliphatic carbocycles. The first-order valence-corrected chi connectivity index (χ1v) is 10.5. The largest absolute Gasteiger partial charge is 0.350 e. The summed E-state index contributed by atoms with van der Waals surface area (Å²) < 4.78 is 0. The molecule has 1 N–H and O–H groups in total. The van der Waals surface area contributed by atoms with Gasteiger partial charge in [-0.3, -0.25) is 9.69 Å². The quantitative estimate of drug-likeness (QED) is 0.781. The van der Waals surface area contributed by atoms with Crippen molar-refractivity contribution in [2.75, 3.05) is 13.1 Å². The third kappa shape index (κ3) is 3.63. The van der Waals surface area contributed by atoms with Gasteiger partial charge in [-0.15, -0.1) is 0 Å². The predicted octanol–water partition coefficient (Wildman–Crippen LogP) is 4.75. The Morgan fingerprint density at radius 1 is 0.880 bits per heavy atom. The zero-order valence-corrected chi connectivity index (χ0v) is 17.5. The van der Waals surface area contributed by atoms with Crippen molar-refractivity contribution in [3.8, 4) is 0 Å². The molecule has 25 heavy (non-hydrogen) atoms. The Bertz CT molecular complexity index is 479. The van der Waals surface area contributed by atoms with Crippen LogP contribution in [0.1, 0.15) is 92.9 Å². The Balaban J connectivity index is 1.55. The van der Waals surface area contributed by atoms with E-state index in [9.17, 15) is 4.79 Å². The fourth-order valence-electron chi connectivity index (χ4n) is 5.67. The number of nitrogens with one attached hydrogen (secondary N) is 1. The second kappa shape index (κ2) is 6.25. The third-order valence-corrected chi connectivity index (χ3v) is 8.04. The van der Waals surface area contributed by atoms with Crippen molar-refractivity contribution in [1.29, 1.82) is 0 Å². The van der Waals surface area contributed by atoms with Crippen molar-refractivity contribution < 1.29 is 4.79 Å². The molecule has 1 heterocycles. The van der Waals surface area contributed by atoms with Gasteiger partial charge in [0.05, 0.1) is 0 Å². The summed E-state index contributed by atoms with van der Waals surface area (Å²) >= 11 is 0. The standard InChI is InChI=1S/C22H40N2O/c1-19(2,3)21-9-12-22(13-10-21,14-11-21)23-18(25)17-7-15-24(16-8-17)20(4,5)6/h17H,7-16H2,1-6H3,(H,23,25). The number of fused-ring (bicyclic) bond motifs is 3. The topological polar surface area (TPSA) is 32.3 Å². The summed E-state index contributed by atoms with van der Waals surface area (Å²) in [4.78, 5) is 15.5. The second-order valence-electron chi connectivity index (χ2n) is 11.2. The van der Waals surface area contributed by atoms with Gasteiger partial charge in [0.2, 0.25) is 5.91 Å². The van der Waals surface area contributed by atoms with Gasteiger partial charge < -0.3 is 5.32 Å². The molecule has 3 heteroatoms. The van der Waals surface area contributed by atoms with Gasteiger partial charge in [-0.05, 0) is 96.1 Å². The Morgan fingerprint density at radius 2 is 1.36 bits per heavy atom. The zero-order valence-electron chi connectivity index (χ0n) is 17.5. The first kappa shape index (κ1) is 19.2. The number of likely N-dealkylation sites (tertiary alicyclic amines) is 1. The lowest BCUT2D eigenvalue weighted by atomic mass is 9.49. The molecule has 0 unspecified atom stereocenters. The Kier molecular flexibility index (Phi) is 4.80. The molecule has 0 spiro atoms. The number of nitrogens with zero attached hydrogens (tertiary/aromatic N) is 1. The minimum atomic E-state index is 0.116. The molecule has 0 atom stereocenters. The Labute approximate surface area is 155 Å². The van der Waals surface area contributed by atoms with Gasteiger partial charge in [-0.25, -0.2) is 0 Å². The molecule has 1 amide bonds. The van der Waals surface area contributed by atoms with Crippen LogP contribution in [0, 0.1) is 16.7 Å². The average molecular weight is 349 g/mol. The molecule has 0 aromatic carbocycles. The van der Waals surface area contributed by atoms with Crippen LogP contribution in [0.5, 0.6) is 0 Å². The lowest BCUT2D eigenvalue weighted by molar-refractivity contribution is -0.133. The van der Waals surface area contributed by atoms with Crippen LogP contribution >= 0.6 is 0 Å². The van der Waals surface area contributed by atoms with Crippen LogP contribution in [0.25, 0.3) is 0 Å². The Morgan fingerprint density at radius 3 is 1.76 bits per heavy atom. The molecule has 0 aromatic rings. The van der Waals surface area contributed by atoms with Crippen molar-refractivity contribution >= 4 is 5.91 Å². The van der Waals surface area contributed by atoms with Crippen LogP contribution in [0.2, 0.25) is 0 Å². The van der Waals surface area contributed by atoms with Gasteiger partial charge in [0.1, 0.15) is 0 Å². The number of rotatable bonds is 2. The van der Waals surface area contributed by atoms with Crippen molar-refractivity contribution in [2.45, 2.75) is 104 Å². The van der Waals surface area contributed by atoms with Gasteiger partial charge in [-0.2, -0.15) is 0 Å². The zero-order chi connectivity index (χ0) is 18.5. The van der Waals surface area contributed by atoms with Crippen LogP contribution < -0.4 is 5.32 Å². The molecule has 1 aliphatic heterocycles. The minimum Gasteiger partial charge on any atom is -0.350 e. The van der Waals surface area contributed by atoms with Gasteiger partial charge in [0, 0.05) is 17.0 Å². The maximum Gasteiger partial charge on any atom is 0.223 e. The van der Waals surface area contributed by atoms with E-state index in [0.717, 1.165) is 25.9 Å². The molecule has 0 radical (unpaired) electrons. The van der Waals surface area contributed by atoms with E-state index in [1.807, 2.05) is 0 Å². The SMILES string of the molecule is CC(C)(C)N1CCC(C(=O)NC23CCC(C(C)(C)C)(CC2)CC3)CC1. The molecule has 2 bridgehead atoms. The summed E-state index contributed by atoms with van der Waals surface area (Å²) in [6.07, 6.45) is 9.48. The summed E-state index contributed by atoms with van der Waals surface area (Å²) in [7, 11) is 0. The molecule has 0 aromatic heterocycles. The highest BCUT2D eigenvalue weighted by atomic mass is 16.2. The maximum atomic E-state index is 13.0. The smallest absolute Gasteiger partial charge is 0.223 e. The summed E-state index contributed by atoms with van der Waals surface area (Å²) in [6, 6.07) is 0. The summed E-state index contributed by atoms with van der Waals surface area (Å²) in [6.45, 7) is 16.2. The maximum absolute atomic E-state index is 13.0. The van der Waals surface area contributed by atoms with Crippen LogP contribution in [0.15, 0.2) is 0 Å². The molecule has 3 saturated carbocycles. The summed E-state index contributed by atoms with van der Waals surface area (Å²) in [5.41, 5.74) is 1.25. The van der Waals surface area contributed by atoms with E-state index >= 15 is 0 Å². The molecule has 4 fully saturated rings. The highest BCUT2D eigenvalue weighted by Crippen LogP contribution is 2.60. The average Bonchev–Trinajstić information content (AvgIpc) is 2.54. The van der Waals surface area contributed by atoms with E-state index in [4.69, 9.17) is 0 Å². The fourth-order valence-corrected chi connectivity index (χ4v) is 5.67. The van der Waals surface area contributed by atoms with E-state index in [0.29, 0.717) is 16.7 Å². The first-order chi connectivity index (χ1) is 11.5. The normalized spacial score (nSPS) is 35.0. The highest BCUT2D eigenvalue weighted by molar-refractivity contribution is 5.79. The van der Waals surface area contributed by atoms with Gasteiger partial charge in [0.15, 0.2) is 0 Å². The highest BCUT2D eigenvalue weighted by Gasteiger charge is 2.54. The van der Waals surface area contributed by atoms with Crippen LogP contribution in [0.4, 0.5) is 0 Å². The van der Waals surface area contributed by atoms with Gasteiger partial charge in [0.25, 0.3) is 0 Å². The van der Waals surface area contributed by atoms with Crippen LogP contribution in [-0.2, 0) is 4.79 Å². The lowest BCUT2D eigenvalue weighted by Crippen LogP contribution is -2.60. The molecule has 1 saturated heterocycles. The number of amides is 1. The first-order valence-electron chi connectivity index (χ1n) is 10.5. The van der Waals surface area contributed by atoms with E-state index in [1.165, 1.54) is 38.5 Å². The molecule has 144 valence electrons. The molecule has 4 aliphatic rings. The number of hydrogen-bond acceptors (Lipinski definition) is 2. The number of carbonyl (C=O) groups is 1. The van der Waals surface area contributed by atoms with Crippen molar-refractivity contribution in [3.05, 3.63) is 0 Å². The molecule has 3 nitrogen and oxygen atoms in total. The van der Waals surface area contributed by atoms with Crippen LogP contribution in [-0.4, -0.2) is 35.0 Å². The van der Waals surface area contributed by atoms with E-state index in [2.05, 4.69) is 51.8 Å². The monoisotopic (exact) mass is 348 g/mol. The Hall–Kier alpha value is -0.570. The van der Waals surface area contributed by atoms with E-state index < -0.39 is 0 Å². The second-order valence-corrected chi connectivity index (χ2v) is 11.2. The third-order valence-electron chi connectivity index (χ3n) is 8.04. The summed E-state index contributed by atoms with van der Waals surface area (Å²) in [5.74, 6) is 0.572. The van der Waals surface area contributed by atoms with E-state index in [-0.39, 0.29) is 17.0 Å². The molecular formula is C22H40N2O. The van der Waals surface area contributed by atoms with Crippen molar-refractivity contribution in [3.63, 3.8) is 0 Å². The van der Waals surface area contributed by atoms with Crippen LogP contribution in [0.3, 0.4) is 0 Å². The number of hydrogen-bond donors (Lipinski definition) is 1. The minimum absolute atomic E-state index is 0.116. The van der Waals surface area contributed by atoms with Gasteiger partial charge >= 0.3 is 0 Å². The number of piperidine rings is 1. The summed E-state index contributed by atoms with van der Waals surface area (Å²) in [5, 5.41) is 3.55. The lowest BCUT2D eigenvalue weighted by Gasteiger charge is -2.59.